The first-order chi connectivity index (χ1) is 12.2. The lowest BCUT2D eigenvalue weighted by molar-refractivity contribution is 0.246. The highest BCUT2D eigenvalue weighted by Gasteiger charge is 2.21. The summed E-state index contributed by atoms with van der Waals surface area (Å²) in [5, 5.41) is 14.6. The van der Waals surface area contributed by atoms with Gasteiger partial charge in [-0.3, -0.25) is 0 Å². The summed E-state index contributed by atoms with van der Waals surface area (Å²) in [6, 6.07) is 19.7. The molecule has 0 spiro atoms. The second-order valence-corrected chi connectivity index (χ2v) is 6.25. The highest BCUT2D eigenvalue weighted by atomic mass is 16.2. The van der Waals surface area contributed by atoms with E-state index in [1.807, 2.05) is 42.5 Å². The smallest absolute Gasteiger partial charge is 0.319 e. The predicted molar refractivity (Wildman–Crippen MR) is 99.6 cm³/mol. The molecule has 1 fully saturated rings. The topological polar surface area (TPSA) is 68.2 Å². The second kappa shape index (κ2) is 8.20. The predicted octanol–water partition coefficient (Wildman–Crippen LogP) is 3.54. The molecule has 25 heavy (non-hydrogen) atoms. The highest BCUT2D eigenvalue weighted by molar-refractivity contribution is 5.89. The minimum atomic E-state index is -0.187. The van der Waals surface area contributed by atoms with Crippen molar-refractivity contribution in [2.24, 2.45) is 0 Å². The molecule has 0 aliphatic carbocycles. The van der Waals surface area contributed by atoms with Crippen LogP contribution in [0.4, 0.5) is 16.2 Å². The van der Waals surface area contributed by atoms with Crippen LogP contribution in [0, 0.1) is 11.3 Å². The lowest BCUT2D eigenvalue weighted by Gasteiger charge is -2.34. The number of hydrogen-bond acceptors (Lipinski definition) is 3. The molecule has 0 saturated carbocycles. The number of piperidine rings is 1. The molecule has 5 nitrogen and oxygen atoms in total. The number of amides is 2. The normalized spacial score (nSPS) is 16.8. The number of anilines is 2. The van der Waals surface area contributed by atoms with E-state index in [-0.39, 0.29) is 12.1 Å². The van der Waals surface area contributed by atoms with Crippen molar-refractivity contribution in [3.8, 4) is 6.07 Å². The van der Waals surface area contributed by atoms with Crippen LogP contribution in [0.3, 0.4) is 0 Å². The van der Waals surface area contributed by atoms with Crippen molar-refractivity contribution in [3.63, 3.8) is 0 Å². The van der Waals surface area contributed by atoms with E-state index in [9.17, 15) is 4.79 Å². The quantitative estimate of drug-likeness (QED) is 0.898. The molecule has 0 radical (unpaired) electrons. The maximum absolute atomic E-state index is 12.2. The number of para-hydroxylation sites is 1. The van der Waals surface area contributed by atoms with Crippen LogP contribution in [0.5, 0.6) is 0 Å². The Bertz CT molecular complexity index is 737. The minimum absolute atomic E-state index is 0.131. The van der Waals surface area contributed by atoms with Gasteiger partial charge in [-0.15, -0.1) is 0 Å². The standard InChI is InChI=1S/C20H22N4O/c21-13-12-16-8-10-17(11-9-16)22-20(25)23-18-5-4-14-24(15-18)19-6-2-1-3-7-19/h1-3,6-11,18H,4-5,12,14-15H2,(H2,22,23,25)/t18-/m0/s1. The number of urea groups is 1. The van der Waals surface area contributed by atoms with Gasteiger partial charge >= 0.3 is 6.03 Å². The van der Waals surface area contributed by atoms with Gasteiger partial charge < -0.3 is 15.5 Å². The Hall–Kier alpha value is -3.00. The summed E-state index contributed by atoms with van der Waals surface area (Å²) in [4.78, 5) is 14.6. The molecule has 5 heteroatoms. The molecule has 2 aromatic rings. The number of carbonyl (C=O) groups excluding carboxylic acids is 1. The Labute approximate surface area is 148 Å². The summed E-state index contributed by atoms with van der Waals surface area (Å²) < 4.78 is 0. The van der Waals surface area contributed by atoms with Crippen LogP contribution in [0.25, 0.3) is 0 Å². The van der Waals surface area contributed by atoms with Crippen molar-refractivity contribution in [2.45, 2.75) is 25.3 Å². The molecular formula is C20H22N4O. The third-order valence-corrected chi connectivity index (χ3v) is 4.37. The molecule has 0 bridgehead atoms. The van der Waals surface area contributed by atoms with E-state index in [0.29, 0.717) is 6.42 Å². The van der Waals surface area contributed by atoms with Gasteiger partial charge in [0.15, 0.2) is 0 Å². The van der Waals surface area contributed by atoms with Gasteiger partial charge in [0.05, 0.1) is 12.5 Å². The van der Waals surface area contributed by atoms with Crippen LogP contribution in [0.15, 0.2) is 54.6 Å². The largest absolute Gasteiger partial charge is 0.369 e. The third kappa shape index (κ3) is 4.74. The number of nitrogens with zero attached hydrogens (tertiary/aromatic N) is 2. The summed E-state index contributed by atoms with van der Waals surface area (Å²) in [5.74, 6) is 0. The van der Waals surface area contributed by atoms with Gasteiger partial charge in [-0.25, -0.2) is 4.79 Å². The van der Waals surface area contributed by atoms with E-state index in [2.05, 4.69) is 33.7 Å². The molecular weight excluding hydrogens is 312 g/mol. The fourth-order valence-electron chi connectivity index (χ4n) is 3.12. The van der Waals surface area contributed by atoms with E-state index in [4.69, 9.17) is 5.26 Å². The summed E-state index contributed by atoms with van der Waals surface area (Å²) >= 11 is 0. The van der Waals surface area contributed by atoms with Crippen molar-refractivity contribution < 1.29 is 4.79 Å². The number of nitriles is 1. The molecule has 2 N–H and O–H groups in total. The van der Waals surface area contributed by atoms with E-state index in [1.54, 1.807) is 0 Å². The Morgan fingerprint density at radius 3 is 2.64 bits per heavy atom. The SMILES string of the molecule is N#CCc1ccc(NC(=O)N[C@H]2CCCN(c3ccccc3)C2)cc1. The Balaban J connectivity index is 1.53. The molecule has 0 unspecified atom stereocenters. The van der Waals surface area contributed by atoms with Gasteiger partial charge in [-0.05, 0) is 42.7 Å². The molecule has 1 saturated heterocycles. The van der Waals surface area contributed by atoms with E-state index >= 15 is 0 Å². The average Bonchev–Trinajstić information content (AvgIpc) is 2.64. The number of benzene rings is 2. The van der Waals surface area contributed by atoms with Gasteiger partial charge in [-0.2, -0.15) is 5.26 Å². The zero-order valence-electron chi connectivity index (χ0n) is 14.1. The Kier molecular flexibility index (Phi) is 5.53. The van der Waals surface area contributed by atoms with Gasteiger partial charge in [-0.1, -0.05) is 30.3 Å². The van der Waals surface area contributed by atoms with Gasteiger partial charge in [0, 0.05) is 30.5 Å². The van der Waals surface area contributed by atoms with Crippen molar-refractivity contribution in [1.29, 1.82) is 5.26 Å². The highest BCUT2D eigenvalue weighted by Crippen LogP contribution is 2.19. The average molecular weight is 334 g/mol. The monoisotopic (exact) mass is 334 g/mol. The fourth-order valence-corrected chi connectivity index (χ4v) is 3.12. The molecule has 3 rings (SSSR count). The second-order valence-electron chi connectivity index (χ2n) is 6.25. The van der Waals surface area contributed by atoms with Crippen molar-refractivity contribution in [1.82, 2.24) is 5.32 Å². The number of carbonyl (C=O) groups is 1. The van der Waals surface area contributed by atoms with Crippen LogP contribution in [-0.4, -0.2) is 25.2 Å². The van der Waals surface area contributed by atoms with E-state index < -0.39 is 0 Å². The summed E-state index contributed by atoms with van der Waals surface area (Å²) in [5.41, 5.74) is 2.87. The van der Waals surface area contributed by atoms with Crippen LogP contribution in [0.1, 0.15) is 18.4 Å². The Morgan fingerprint density at radius 1 is 1.16 bits per heavy atom. The Morgan fingerprint density at radius 2 is 1.92 bits per heavy atom. The van der Waals surface area contributed by atoms with E-state index in [0.717, 1.165) is 37.2 Å². The van der Waals surface area contributed by atoms with Crippen molar-refractivity contribution in [2.75, 3.05) is 23.3 Å². The first kappa shape index (κ1) is 16.8. The van der Waals surface area contributed by atoms with Crippen molar-refractivity contribution >= 4 is 17.4 Å². The molecule has 1 heterocycles. The maximum Gasteiger partial charge on any atom is 0.319 e. The summed E-state index contributed by atoms with van der Waals surface area (Å²) in [7, 11) is 0. The van der Waals surface area contributed by atoms with Gasteiger partial charge in [0.2, 0.25) is 0 Å². The molecule has 2 aromatic carbocycles. The van der Waals surface area contributed by atoms with Crippen LogP contribution in [0.2, 0.25) is 0 Å². The number of rotatable bonds is 4. The third-order valence-electron chi connectivity index (χ3n) is 4.37. The van der Waals surface area contributed by atoms with Gasteiger partial charge in [0.1, 0.15) is 0 Å². The summed E-state index contributed by atoms with van der Waals surface area (Å²) in [6.45, 7) is 1.84. The molecule has 1 aliphatic rings. The maximum atomic E-state index is 12.2. The van der Waals surface area contributed by atoms with Crippen LogP contribution in [-0.2, 0) is 6.42 Å². The zero-order valence-corrected chi connectivity index (χ0v) is 14.1. The molecule has 2 amide bonds. The first-order valence-corrected chi connectivity index (χ1v) is 8.58. The molecule has 128 valence electrons. The molecule has 0 aromatic heterocycles. The fraction of sp³-hybridized carbons (Fsp3) is 0.300. The van der Waals surface area contributed by atoms with Crippen LogP contribution >= 0.6 is 0 Å². The lowest BCUT2D eigenvalue weighted by Crippen LogP contribution is -2.49. The molecule has 1 aliphatic heterocycles. The van der Waals surface area contributed by atoms with Crippen molar-refractivity contribution in [3.05, 3.63) is 60.2 Å². The summed E-state index contributed by atoms with van der Waals surface area (Å²) in [6.07, 6.45) is 2.42. The zero-order chi connectivity index (χ0) is 17.5. The van der Waals surface area contributed by atoms with Gasteiger partial charge in [0.25, 0.3) is 0 Å². The number of hydrogen-bond donors (Lipinski definition) is 2. The van der Waals surface area contributed by atoms with E-state index in [1.165, 1.54) is 5.69 Å². The first-order valence-electron chi connectivity index (χ1n) is 8.58. The lowest BCUT2D eigenvalue weighted by atomic mass is 10.1. The number of nitrogens with one attached hydrogen (secondary N) is 2. The van der Waals surface area contributed by atoms with Crippen LogP contribution < -0.4 is 15.5 Å². The minimum Gasteiger partial charge on any atom is -0.369 e. The molecule has 1 atom stereocenters.